The summed E-state index contributed by atoms with van der Waals surface area (Å²) in [7, 11) is 0. The summed E-state index contributed by atoms with van der Waals surface area (Å²) < 4.78 is 18.2. The smallest absolute Gasteiger partial charge is 0.135 e. The van der Waals surface area contributed by atoms with E-state index in [1.165, 1.54) is 51.6 Å². The van der Waals surface area contributed by atoms with Gasteiger partial charge in [0, 0.05) is 10.8 Å². The van der Waals surface area contributed by atoms with Crippen LogP contribution in [0.2, 0.25) is 0 Å². The van der Waals surface area contributed by atoms with Gasteiger partial charge in [0.15, 0.2) is 0 Å². The van der Waals surface area contributed by atoms with Crippen LogP contribution < -0.4 is 9.47 Å². The lowest BCUT2D eigenvalue weighted by atomic mass is 10.1. The first-order valence-electron chi connectivity index (χ1n) is 14.8. The number of halogens is 2. The Hall–Kier alpha value is -1.66. The molecular formula is C32H52Cl2N2O3. The zero-order valence-corrected chi connectivity index (χ0v) is 26.3. The Morgan fingerprint density at radius 3 is 1.31 bits per heavy atom. The van der Waals surface area contributed by atoms with Crippen molar-refractivity contribution in [3.05, 3.63) is 36.4 Å². The minimum atomic E-state index is 0. The molecule has 2 aromatic carbocycles. The molecule has 1 aromatic heterocycles. The van der Waals surface area contributed by atoms with E-state index in [9.17, 15) is 0 Å². The Labute approximate surface area is 249 Å². The number of fused-ring (bicyclic) bond motifs is 3. The van der Waals surface area contributed by atoms with Gasteiger partial charge in [-0.2, -0.15) is 0 Å². The Kier molecular flexibility index (Phi) is 18.4. The fourth-order valence-electron chi connectivity index (χ4n) is 4.96. The number of benzene rings is 2. The summed E-state index contributed by atoms with van der Waals surface area (Å²) in [6, 6.07) is 12.3. The van der Waals surface area contributed by atoms with Gasteiger partial charge in [0.05, 0.1) is 13.2 Å². The second-order valence-corrected chi connectivity index (χ2v) is 10.00. The molecule has 5 nitrogen and oxygen atoms in total. The maximum absolute atomic E-state index is 6.09. The summed E-state index contributed by atoms with van der Waals surface area (Å²) >= 11 is 0. The van der Waals surface area contributed by atoms with E-state index in [2.05, 4.69) is 49.6 Å². The molecule has 0 saturated carbocycles. The van der Waals surface area contributed by atoms with Crippen LogP contribution in [0.3, 0.4) is 0 Å². The molecule has 0 atom stereocenters. The zero-order valence-electron chi connectivity index (χ0n) is 24.7. The molecule has 0 unspecified atom stereocenters. The van der Waals surface area contributed by atoms with Crippen molar-refractivity contribution in [3.8, 4) is 11.5 Å². The molecule has 0 aliphatic carbocycles. The number of furan rings is 1. The molecule has 0 bridgehead atoms. The number of rotatable bonds is 20. The Bertz CT molecular complexity index is 955. The van der Waals surface area contributed by atoms with Crippen LogP contribution in [0.1, 0.15) is 79.1 Å². The molecule has 3 rings (SSSR count). The van der Waals surface area contributed by atoms with E-state index in [4.69, 9.17) is 13.9 Å². The Balaban J connectivity index is 0.00000380. The lowest BCUT2D eigenvalue weighted by molar-refractivity contribution is 0.284. The fourth-order valence-corrected chi connectivity index (χ4v) is 4.96. The molecule has 0 fully saturated rings. The van der Waals surface area contributed by atoms with E-state index >= 15 is 0 Å². The van der Waals surface area contributed by atoms with Crippen LogP contribution >= 0.6 is 24.8 Å². The monoisotopic (exact) mass is 582 g/mol. The first-order chi connectivity index (χ1) is 18.2. The van der Waals surface area contributed by atoms with Crippen LogP contribution in [0, 0.1) is 0 Å². The number of ether oxygens (including phenoxy) is 2. The molecule has 7 heteroatoms. The number of hydrogen-bond donors (Lipinski definition) is 0. The van der Waals surface area contributed by atoms with Crippen molar-refractivity contribution in [1.82, 2.24) is 9.80 Å². The van der Waals surface area contributed by atoms with Gasteiger partial charge in [-0.3, -0.25) is 0 Å². The molecule has 3 aromatic rings. The van der Waals surface area contributed by atoms with Crippen LogP contribution in [0.4, 0.5) is 0 Å². The highest BCUT2D eigenvalue weighted by molar-refractivity contribution is 6.05. The summed E-state index contributed by atoms with van der Waals surface area (Å²) in [6.45, 7) is 17.5. The van der Waals surface area contributed by atoms with Crippen molar-refractivity contribution in [2.24, 2.45) is 0 Å². The molecule has 1 heterocycles. The van der Waals surface area contributed by atoms with Gasteiger partial charge in [-0.1, -0.05) is 53.4 Å². The highest BCUT2D eigenvalue weighted by atomic mass is 35.5. The Morgan fingerprint density at radius 2 is 0.923 bits per heavy atom. The van der Waals surface area contributed by atoms with Crippen molar-refractivity contribution in [3.63, 3.8) is 0 Å². The molecule has 0 aliphatic rings. The third kappa shape index (κ3) is 11.8. The highest BCUT2D eigenvalue weighted by Crippen LogP contribution is 2.33. The van der Waals surface area contributed by atoms with E-state index < -0.39 is 0 Å². The maximum atomic E-state index is 6.09. The van der Waals surface area contributed by atoms with Crippen LogP contribution in [-0.2, 0) is 0 Å². The lowest BCUT2D eigenvalue weighted by Crippen LogP contribution is -2.23. The molecular weight excluding hydrogens is 531 g/mol. The van der Waals surface area contributed by atoms with Gasteiger partial charge >= 0.3 is 0 Å². The van der Waals surface area contributed by atoms with Gasteiger partial charge in [-0.05, 0) is 101 Å². The van der Waals surface area contributed by atoms with E-state index in [0.717, 1.165) is 85.7 Å². The summed E-state index contributed by atoms with van der Waals surface area (Å²) in [5.41, 5.74) is 1.79. The van der Waals surface area contributed by atoms with Gasteiger partial charge in [0.25, 0.3) is 0 Å². The van der Waals surface area contributed by atoms with Gasteiger partial charge in [-0.15, -0.1) is 24.8 Å². The topological polar surface area (TPSA) is 38.1 Å². The lowest BCUT2D eigenvalue weighted by Gasteiger charge is -2.17. The maximum Gasteiger partial charge on any atom is 0.135 e. The molecule has 39 heavy (non-hydrogen) atoms. The second-order valence-electron chi connectivity index (χ2n) is 10.00. The average Bonchev–Trinajstić information content (AvgIpc) is 3.29. The zero-order chi connectivity index (χ0) is 26.3. The summed E-state index contributed by atoms with van der Waals surface area (Å²) in [5.74, 6) is 1.82. The van der Waals surface area contributed by atoms with Crippen LogP contribution in [0.15, 0.2) is 40.8 Å². The fraction of sp³-hybridized carbons (Fsp3) is 0.625. The first-order valence-corrected chi connectivity index (χ1v) is 14.8. The normalized spacial score (nSPS) is 11.2. The number of hydrogen-bond acceptors (Lipinski definition) is 5. The average molecular weight is 584 g/mol. The third-order valence-electron chi connectivity index (χ3n) is 7.48. The minimum absolute atomic E-state index is 0. The van der Waals surface area contributed by atoms with Crippen molar-refractivity contribution >= 4 is 46.8 Å². The SMILES string of the molecule is CCN(CC)CCCCCCOc1ccc2oc3ccc(OCCCCCCN(CC)CC)cc3c2c1.Cl.Cl. The second kappa shape index (κ2) is 20.3. The van der Waals surface area contributed by atoms with Crippen molar-refractivity contribution in [2.75, 3.05) is 52.5 Å². The number of nitrogens with zero attached hydrogens (tertiary/aromatic N) is 2. The number of unbranched alkanes of at least 4 members (excludes halogenated alkanes) is 6. The molecule has 0 spiro atoms. The molecule has 222 valence electrons. The van der Waals surface area contributed by atoms with Crippen LogP contribution in [0.25, 0.3) is 21.9 Å². The summed E-state index contributed by atoms with van der Waals surface area (Å²) in [5, 5.41) is 2.18. The van der Waals surface area contributed by atoms with Gasteiger partial charge in [0.2, 0.25) is 0 Å². The Morgan fingerprint density at radius 1 is 0.538 bits per heavy atom. The largest absolute Gasteiger partial charge is 0.494 e. The predicted molar refractivity (Wildman–Crippen MR) is 172 cm³/mol. The van der Waals surface area contributed by atoms with Crippen molar-refractivity contribution in [2.45, 2.75) is 79.1 Å². The summed E-state index contributed by atoms with van der Waals surface area (Å²) in [4.78, 5) is 4.99. The first kappa shape index (κ1) is 35.4. The standard InChI is InChI=1S/C32H50N2O3.2ClH/c1-5-33(6-2)21-13-9-11-15-23-35-27-17-19-31-29(25-27)30-26-28(18-20-32(30)37-31)36-24-16-12-10-14-22-34(7-3)8-4;;/h17-20,25-26H,5-16,21-24H2,1-4H3;2*1H. The van der Waals surface area contributed by atoms with Crippen molar-refractivity contribution < 1.29 is 13.9 Å². The highest BCUT2D eigenvalue weighted by Gasteiger charge is 2.10. The molecule has 0 amide bonds. The van der Waals surface area contributed by atoms with Gasteiger partial charge in [0.1, 0.15) is 22.7 Å². The molecule has 0 radical (unpaired) electrons. The van der Waals surface area contributed by atoms with Gasteiger partial charge < -0.3 is 23.7 Å². The van der Waals surface area contributed by atoms with E-state index in [1.807, 2.05) is 24.3 Å². The van der Waals surface area contributed by atoms with Gasteiger partial charge in [-0.25, -0.2) is 0 Å². The minimum Gasteiger partial charge on any atom is -0.494 e. The third-order valence-corrected chi connectivity index (χ3v) is 7.48. The van der Waals surface area contributed by atoms with E-state index in [1.54, 1.807) is 0 Å². The quantitative estimate of drug-likeness (QED) is 0.124. The van der Waals surface area contributed by atoms with Crippen molar-refractivity contribution in [1.29, 1.82) is 0 Å². The molecule has 0 N–H and O–H groups in total. The summed E-state index contributed by atoms with van der Waals surface area (Å²) in [6.07, 6.45) is 9.70. The molecule has 0 saturated heterocycles. The van der Waals surface area contributed by atoms with E-state index in [0.29, 0.717) is 0 Å². The van der Waals surface area contributed by atoms with Crippen LogP contribution in [-0.4, -0.2) is 62.3 Å². The predicted octanol–water partition coefficient (Wildman–Crippen LogP) is 8.99. The molecule has 0 aliphatic heterocycles. The van der Waals surface area contributed by atoms with E-state index in [-0.39, 0.29) is 24.8 Å². The van der Waals surface area contributed by atoms with Crippen LogP contribution in [0.5, 0.6) is 11.5 Å².